The van der Waals surface area contributed by atoms with Gasteiger partial charge in [0, 0.05) is 36.7 Å². The van der Waals surface area contributed by atoms with Crippen molar-refractivity contribution in [1.82, 2.24) is 15.2 Å². The Bertz CT molecular complexity index is 989. The molecular weight excluding hydrogens is 354 g/mol. The van der Waals surface area contributed by atoms with E-state index in [2.05, 4.69) is 16.4 Å². The van der Waals surface area contributed by atoms with Gasteiger partial charge in [-0.05, 0) is 43.0 Å². The highest BCUT2D eigenvalue weighted by atomic mass is 16.6. The number of nitrogens with zero attached hydrogens (tertiary/aromatic N) is 1. The van der Waals surface area contributed by atoms with Crippen LogP contribution >= 0.6 is 0 Å². The standard InChI is InChI=1S/C22H23N3O3/c26-21(23-12-11-16-15-24-19-9-3-1-7-17(16)19)18-8-2-4-10-20(18)28-22(27)25-13-5-6-14-25/h1-4,7-10,15,24H,5-6,11-14H2,(H,23,26). The van der Waals surface area contributed by atoms with Crippen molar-refractivity contribution in [3.05, 3.63) is 65.9 Å². The lowest BCUT2D eigenvalue weighted by atomic mass is 10.1. The Balaban J connectivity index is 1.38. The molecule has 3 aromatic rings. The van der Waals surface area contributed by atoms with Crippen LogP contribution in [-0.2, 0) is 6.42 Å². The minimum absolute atomic E-state index is 0.246. The minimum atomic E-state index is -0.392. The number of para-hydroxylation sites is 2. The fourth-order valence-corrected chi connectivity index (χ4v) is 3.55. The Morgan fingerprint density at radius 2 is 1.79 bits per heavy atom. The van der Waals surface area contributed by atoms with Crippen LogP contribution in [0, 0.1) is 0 Å². The second kappa shape index (κ2) is 8.17. The lowest BCUT2D eigenvalue weighted by Gasteiger charge is -2.16. The van der Waals surface area contributed by atoms with E-state index >= 15 is 0 Å². The van der Waals surface area contributed by atoms with Gasteiger partial charge in [-0.1, -0.05) is 30.3 Å². The summed E-state index contributed by atoms with van der Waals surface area (Å²) in [6.07, 6.45) is 4.28. The molecule has 0 unspecified atom stereocenters. The number of likely N-dealkylation sites (tertiary alicyclic amines) is 1. The molecule has 2 heterocycles. The predicted octanol–water partition coefficient (Wildman–Crippen LogP) is 3.74. The number of carbonyl (C=O) groups is 2. The molecule has 1 aliphatic heterocycles. The van der Waals surface area contributed by atoms with Gasteiger partial charge in [-0.15, -0.1) is 0 Å². The van der Waals surface area contributed by atoms with Crippen LogP contribution in [0.1, 0.15) is 28.8 Å². The van der Waals surface area contributed by atoms with E-state index in [4.69, 9.17) is 4.74 Å². The summed E-state index contributed by atoms with van der Waals surface area (Å²) < 4.78 is 5.48. The number of hydrogen-bond acceptors (Lipinski definition) is 3. The maximum atomic E-state index is 12.6. The first-order valence-corrected chi connectivity index (χ1v) is 9.61. The van der Waals surface area contributed by atoms with Gasteiger partial charge in [0.05, 0.1) is 5.56 Å². The monoisotopic (exact) mass is 377 g/mol. The van der Waals surface area contributed by atoms with Crippen LogP contribution in [-0.4, -0.2) is 41.5 Å². The number of ether oxygens (including phenoxy) is 1. The number of amides is 2. The number of rotatable bonds is 5. The molecular formula is C22H23N3O3. The lowest BCUT2D eigenvalue weighted by molar-refractivity contribution is 0.0950. The number of hydrogen-bond donors (Lipinski definition) is 2. The summed E-state index contributed by atoms with van der Waals surface area (Å²) in [5.74, 6) is 0.0497. The third-order valence-corrected chi connectivity index (χ3v) is 5.05. The smallest absolute Gasteiger partial charge is 0.409 e. The molecule has 2 N–H and O–H groups in total. The van der Waals surface area contributed by atoms with Crippen LogP contribution in [0.15, 0.2) is 54.7 Å². The van der Waals surface area contributed by atoms with Crippen molar-refractivity contribution >= 4 is 22.9 Å². The Kier molecular flexibility index (Phi) is 5.28. The molecule has 1 fully saturated rings. The molecule has 0 aliphatic carbocycles. The summed E-state index contributed by atoms with van der Waals surface area (Å²) in [6.45, 7) is 1.91. The van der Waals surface area contributed by atoms with Crippen LogP contribution in [0.4, 0.5) is 4.79 Å². The molecule has 4 rings (SSSR count). The summed E-state index contributed by atoms with van der Waals surface area (Å²) in [5.41, 5.74) is 2.61. The van der Waals surface area contributed by atoms with Gasteiger partial charge >= 0.3 is 6.09 Å². The second-order valence-corrected chi connectivity index (χ2v) is 6.92. The molecule has 0 radical (unpaired) electrons. The van der Waals surface area contributed by atoms with Gasteiger partial charge in [0.25, 0.3) is 5.91 Å². The van der Waals surface area contributed by atoms with E-state index in [0.717, 1.165) is 29.3 Å². The van der Waals surface area contributed by atoms with Gasteiger partial charge in [0.15, 0.2) is 0 Å². The second-order valence-electron chi connectivity index (χ2n) is 6.92. The van der Waals surface area contributed by atoms with E-state index in [-0.39, 0.29) is 5.91 Å². The number of H-pyrrole nitrogens is 1. The zero-order valence-corrected chi connectivity index (χ0v) is 15.6. The maximum Gasteiger partial charge on any atom is 0.415 e. The fraction of sp³-hybridized carbons (Fsp3) is 0.273. The topological polar surface area (TPSA) is 74.4 Å². The molecule has 6 nitrogen and oxygen atoms in total. The normalized spacial score (nSPS) is 13.6. The van der Waals surface area contributed by atoms with Crippen molar-refractivity contribution in [2.24, 2.45) is 0 Å². The summed E-state index contributed by atoms with van der Waals surface area (Å²) in [7, 11) is 0. The number of aromatic nitrogens is 1. The van der Waals surface area contributed by atoms with Crippen molar-refractivity contribution in [2.45, 2.75) is 19.3 Å². The average Bonchev–Trinajstić information content (AvgIpc) is 3.39. The number of fused-ring (bicyclic) bond motifs is 1. The van der Waals surface area contributed by atoms with E-state index in [1.54, 1.807) is 29.2 Å². The van der Waals surface area contributed by atoms with Crippen molar-refractivity contribution in [2.75, 3.05) is 19.6 Å². The maximum absolute atomic E-state index is 12.6. The Morgan fingerprint density at radius 1 is 1.04 bits per heavy atom. The molecule has 1 aromatic heterocycles. The molecule has 2 aromatic carbocycles. The van der Waals surface area contributed by atoms with E-state index < -0.39 is 6.09 Å². The van der Waals surface area contributed by atoms with Crippen LogP contribution in [0.2, 0.25) is 0 Å². The van der Waals surface area contributed by atoms with Crippen LogP contribution in [0.5, 0.6) is 5.75 Å². The van der Waals surface area contributed by atoms with Crippen molar-refractivity contribution < 1.29 is 14.3 Å². The molecule has 0 atom stereocenters. The molecule has 1 aliphatic rings. The van der Waals surface area contributed by atoms with Crippen LogP contribution < -0.4 is 10.1 Å². The minimum Gasteiger partial charge on any atom is -0.409 e. The first-order chi connectivity index (χ1) is 13.7. The first kappa shape index (κ1) is 18.1. The molecule has 0 saturated carbocycles. The van der Waals surface area contributed by atoms with Crippen molar-refractivity contribution in [3.63, 3.8) is 0 Å². The molecule has 6 heteroatoms. The highest BCUT2D eigenvalue weighted by molar-refractivity contribution is 5.97. The van der Waals surface area contributed by atoms with Gasteiger partial charge in [0.2, 0.25) is 0 Å². The third kappa shape index (κ3) is 3.86. The van der Waals surface area contributed by atoms with E-state index in [1.165, 1.54) is 0 Å². The number of benzene rings is 2. The van der Waals surface area contributed by atoms with Gasteiger partial charge in [-0.25, -0.2) is 4.79 Å². The van der Waals surface area contributed by atoms with Crippen molar-refractivity contribution in [3.8, 4) is 5.75 Å². The van der Waals surface area contributed by atoms with Gasteiger partial charge in [0.1, 0.15) is 5.75 Å². The molecule has 1 saturated heterocycles. The van der Waals surface area contributed by atoms with Crippen LogP contribution in [0.3, 0.4) is 0 Å². The SMILES string of the molecule is O=C(NCCc1c[nH]c2ccccc12)c1ccccc1OC(=O)N1CCCC1. The fourth-order valence-electron chi connectivity index (χ4n) is 3.55. The lowest BCUT2D eigenvalue weighted by Crippen LogP contribution is -2.32. The van der Waals surface area contributed by atoms with Gasteiger partial charge in [-0.2, -0.15) is 0 Å². The van der Waals surface area contributed by atoms with E-state index in [1.807, 2.05) is 24.4 Å². The summed E-state index contributed by atoms with van der Waals surface area (Å²) in [4.78, 5) is 29.8. The average molecular weight is 377 g/mol. The Labute approximate surface area is 163 Å². The largest absolute Gasteiger partial charge is 0.415 e. The highest BCUT2D eigenvalue weighted by Crippen LogP contribution is 2.21. The molecule has 0 bridgehead atoms. The Hall–Kier alpha value is -3.28. The number of carbonyl (C=O) groups excluding carboxylic acids is 2. The summed E-state index contributed by atoms with van der Waals surface area (Å²) in [5, 5.41) is 4.09. The molecule has 28 heavy (non-hydrogen) atoms. The number of aromatic amines is 1. The molecule has 0 spiro atoms. The van der Waals surface area contributed by atoms with Crippen LogP contribution in [0.25, 0.3) is 10.9 Å². The molecule has 2 amide bonds. The molecule has 144 valence electrons. The Morgan fingerprint density at radius 3 is 2.64 bits per heavy atom. The van der Waals surface area contributed by atoms with Gasteiger partial charge in [-0.3, -0.25) is 4.79 Å². The highest BCUT2D eigenvalue weighted by Gasteiger charge is 2.22. The first-order valence-electron chi connectivity index (χ1n) is 9.61. The number of nitrogens with one attached hydrogen (secondary N) is 2. The van der Waals surface area contributed by atoms with Gasteiger partial charge < -0.3 is 19.9 Å². The predicted molar refractivity (Wildman–Crippen MR) is 108 cm³/mol. The van der Waals surface area contributed by atoms with Crippen molar-refractivity contribution in [1.29, 1.82) is 0 Å². The third-order valence-electron chi connectivity index (χ3n) is 5.05. The zero-order chi connectivity index (χ0) is 19.3. The summed E-state index contributed by atoms with van der Waals surface area (Å²) in [6, 6.07) is 14.9. The van der Waals surface area contributed by atoms with E-state index in [0.29, 0.717) is 37.4 Å². The zero-order valence-electron chi connectivity index (χ0n) is 15.6. The quantitative estimate of drug-likeness (QED) is 0.711. The summed E-state index contributed by atoms with van der Waals surface area (Å²) >= 11 is 0. The van der Waals surface area contributed by atoms with E-state index in [9.17, 15) is 9.59 Å².